The minimum atomic E-state index is -0.302. The second-order valence-corrected chi connectivity index (χ2v) is 38.1. The van der Waals surface area contributed by atoms with Gasteiger partial charge in [0.05, 0.1) is 107 Å². The Hall–Kier alpha value is -12.3. The topological polar surface area (TPSA) is 326 Å². The second-order valence-electron chi connectivity index (χ2n) is 37.0. The molecule has 8 aromatic heterocycles. The van der Waals surface area contributed by atoms with Crippen LogP contribution in [0.15, 0.2) is 164 Å². The smallest absolute Gasteiger partial charge is 0.325 e. The number of benzene rings is 3. The van der Waals surface area contributed by atoms with E-state index in [1.54, 1.807) is 102 Å². The molecule has 17 rings (SSSR count). The third-order valence-electron chi connectivity index (χ3n) is 24.9. The second kappa shape index (κ2) is 40.4. The fourth-order valence-corrected chi connectivity index (χ4v) is 17.1. The molecule has 4 saturated heterocycles. The molecule has 4 aliphatic heterocycles. The van der Waals surface area contributed by atoms with E-state index in [9.17, 15) is 19.2 Å². The van der Waals surface area contributed by atoms with Crippen LogP contribution in [0.1, 0.15) is 200 Å². The quantitative estimate of drug-likeness (QED) is 0.0338. The Balaban J connectivity index is 0.000000140. The van der Waals surface area contributed by atoms with Gasteiger partial charge in [0.1, 0.15) is 29.0 Å². The summed E-state index contributed by atoms with van der Waals surface area (Å²) in [7, 11) is 8.89. The molecule has 4 N–H and O–H groups in total. The van der Waals surface area contributed by atoms with E-state index >= 15 is 0 Å². The van der Waals surface area contributed by atoms with Crippen LogP contribution in [0.25, 0.3) is 17.1 Å². The van der Waals surface area contributed by atoms with Crippen molar-refractivity contribution in [3.05, 3.63) is 203 Å². The zero-order valence-electron chi connectivity index (χ0n) is 78.2. The first kappa shape index (κ1) is 93.8. The number of nitrogens with zero attached hydrogens (tertiary/aromatic N) is 24. The lowest BCUT2D eigenvalue weighted by Crippen LogP contribution is -2.38. The van der Waals surface area contributed by atoms with Gasteiger partial charge in [0.25, 0.3) is 0 Å². The molecular formula is C95H124BrClN28O5. The maximum atomic E-state index is 12.8. The van der Waals surface area contributed by atoms with Gasteiger partial charge >= 0.3 is 24.1 Å². The number of aromatic nitrogens is 16. The standard InChI is InChI=1S/C26H30BrN7O.C25H33N7O.C23H28ClN7O2.C21H33N7O/c1-16(2)20-14-32(3)25(35)34(20)22-9-12-28-24(30-22)31-26(10-11-26)21-15-33(23(27)29-21)19-6-4-5-18(13-19)17-7-8-17;1-16(2)19-7-9-20(10-8-19)31-13-21(27-15-31)18(5)28-24-26-12-11-23(29-24)32-22(17(3)4)14-30(6)25(32)33;1-14(2)19-12-29(4)23(32)31(19)21-8-9-25-22(28-21)27-15(3)18-11-30(13-26-18)16-6-7-17(24)20(10-16)33-5;1-14(2)8-10-27-11-17(23-13-27)16(5)24-20-22-9-7-19(25-20)28-18(15(3)4)12-26(6)21(28)29/h4-6,9,12-13,15-17,20H,7-8,10-11,14H2,1-3H3,(H,28,30,31);7-13,15-18,22H,14H2,1-6H3,(H,26,28,29);6-11,13-15,19H,12H2,1-5H3,(H,25,27,28);7,9,11,13-16,18H,8,10,12H2,1-6H3,(H,22,24,25)/t20-;18-,22+;15-,19+;16-,18+/m1000/s1. The number of halogens is 2. The SMILES string of the molecule is CC(C)CCn1cnc([C@H](C)Nc2nccc(N3C(=O)N(C)C[C@@H]3C(C)C)n2)c1.CC(C)[C@H]1CN(C)C(=O)N1c1ccnc(NC2(c3cn(-c4cccc(C5CC5)c4)c(Br)n3)CC2)n1.CC(C)c1ccc(-n2cnc([C@H](C)Nc3nccc(N4C(=O)N(C)C[C@@H]4C(C)C)n3)c2)cc1.COc1cc(-n2cnc([C@H](C)Nc3nccc(N4C(=O)N(C)C[C@@H]4C(C)C)n3)c2)ccc1Cl. The Morgan fingerprint density at radius 1 is 0.462 bits per heavy atom. The summed E-state index contributed by atoms with van der Waals surface area (Å²) in [4.78, 5) is 120. The van der Waals surface area contributed by atoms with E-state index in [-0.39, 0.29) is 72.0 Å². The normalized spacial score (nSPS) is 18.5. The van der Waals surface area contributed by atoms with Crippen LogP contribution in [0.5, 0.6) is 5.75 Å². The molecule has 0 unspecified atom stereocenters. The first-order chi connectivity index (χ1) is 62.1. The van der Waals surface area contributed by atoms with Crippen LogP contribution < -0.4 is 45.6 Å². The fraction of sp³-hybridized carbons (Fsp3) is 0.474. The molecule has 2 saturated carbocycles. The molecular weight excluding hydrogens is 1730 g/mol. The van der Waals surface area contributed by atoms with Crippen LogP contribution in [0.4, 0.5) is 66.2 Å². The maximum absolute atomic E-state index is 12.8. The van der Waals surface area contributed by atoms with Crippen molar-refractivity contribution in [3.8, 4) is 22.8 Å². The first-order valence-corrected chi connectivity index (χ1v) is 46.3. The minimum absolute atomic E-state index is 0.0226. The Labute approximate surface area is 775 Å². The van der Waals surface area contributed by atoms with Gasteiger partial charge in [-0.3, -0.25) is 24.2 Å². The molecule has 33 nitrogen and oxygen atoms in total. The van der Waals surface area contributed by atoms with Crippen molar-refractivity contribution in [1.82, 2.24) is 97.7 Å². The Morgan fingerprint density at radius 2 is 0.869 bits per heavy atom. The number of hydrogen-bond donors (Lipinski definition) is 4. The summed E-state index contributed by atoms with van der Waals surface area (Å²) in [5.74, 6) is 8.15. The van der Waals surface area contributed by atoms with Crippen molar-refractivity contribution in [3.63, 3.8) is 0 Å². The van der Waals surface area contributed by atoms with E-state index in [0.717, 1.165) is 70.4 Å². The maximum Gasteiger partial charge on any atom is 0.325 e. The van der Waals surface area contributed by atoms with E-state index in [0.29, 0.717) is 125 Å². The van der Waals surface area contributed by atoms with Gasteiger partial charge in [-0.2, -0.15) is 19.9 Å². The third kappa shape index (κ3) is 21.5. The number of carbonyl (C=O) groups excluding carboxylic acids is 4. The summed E-state index contributed by atoms with van der Waals surface area (Å²) in [6.45, 7) is 35.6. The molecule has 6 aliphatic rings. The molecule has 0 radical (unpaired) electrons. The molecule has 688 valence electrons. The molecule has 130 heavy (non-hydrogen) atoms. The van der Waals surface area contributed by atoms with Crippen molar-refractivity contribution in [2.24, 2.45) is 29.6 Å². The van der Waals surface area contributed by atoms with E-state index in [1.807, 2.05) is 101 Å². The number of carbonyl (C=O) groups is 4. The van der Waals surface area contributed by atoms with Gasteiger partial charge < -0.3 is 59.3 Å². The highest BCUT2D eigenvalue weighted by molar-refractivity contribution is 9.10. The Kier molecular flexibility index (Phi) is 29.1. The number of likely N-dealkylation sites (N-methyl/N-ethyl adjacent to an activating group) is 4. The molecule has 0 bridgehead atoms. The molecule has 2 aliphatic carbocycles. The number of anilines is 8. The number of ether oxygens (including phenoxy) is 1. The van der Waals surface area contributed by atoms with Gasteiger partial charge in [-0.25, -0.2) is 59.0 Å². The molecule has 12 heterocycles. The van der Waals surface area contributed by atoms with Crippen LogP contribution in [-0.2, 0) is 12.1 Å². The molecule has 0 spiro atoms. The van der Waals surface area contributed by atoms with Gasteiger partial charge in [-0.05, 0) is 182 Å². The zero-order valence-corrected chi connectivity index (χ0v) is 80.5. The molecule has 3 aromatic carbocycles. The number of imidazole rings is 4. The van der Waals surface area contributed by atoms with Crippen molar-refractivity contribution < 1.29 is 23.9 Å². The molecule has 7 atom stereocenters. The van der Waals surface area contributed by atoms with Gasteiger partial charge in [-0.15, -0.1) is 0 Å². The van der Waals surface area contributed by atoms with Crippen molar-refractivity contribution in [2.45, 2.75) is 202 Å². The summed E-state index contributed by atoms with van der Waals surface area (Å²) >= 11 is 9.80. The summed E-state index contributed by atoms with van der Waals surface area (Å²) in [5.41, 5.74) is 9.09. The van der Waals surface area contributed by atoms with Gasteiger partial charge in [0.2, 0.25) is 23.8 Å². The number of rotatable bonds is 29. The minimum Gasteiger partial charge on any atom is -0.495 e. The highest BCUT2D eigenvalue weighted by atomic mass is 79.9. The largest absolute Gasteiger partial charge is 0.495 e. The monoisotopic (exact) mass is 1850 g/mol. The average Bonchev–Trinajstić information content (AvgIpc) is 1.59. The van der Waals surface area contributed by atoms with Gasteiger partial charge in [-0.1, -0.05) is 119 Å². The fourth-order valence-electron chi connectivity index (χ4n) is 16.5. The zero-order chi connectivity index (χ0) is 92.8. The predicted octanol–water partition coefficient (Wildman–Crippen LogP) is 18.3. The third-order valence-corrected chi connectivity index (χ3v) is 25.7. The first-order valence-electron chi connectivity index (χ1n) is 45.1. The summed E-state index contributed by atoms with van der Waals surface area (Å²) in [6, 6.07) is 29.9. The predicted molar refractivity (Wildman–Crippen MR) is 513 cm³/mol. The summed E-state index contributed by atoms with van der Waals surface area (Å²) in [5, 5.41) is 14.0. The van der Waals surface area contributed by atoms with E-state index in [2.05, 4.69) is 240 Å². The molecule has 6 fully saturated rings. The van der Waals surface area contributed by atoms with E-state index < -0.39 is 0 Å². The number of aryl methyl sites for hydroxylation is 1. The van der Waals surface area contributed by atoms with Gasteiger partial charge in [0.15, 0.2) is 4.73 Å². The number of hydrogen-bond acceptors (Lipinski definition) is 21. The lowest BCUT2D eigenvalue weighted by Gasteiger charge is -2.25. The lowest BCUT2D eigenvalue weighted by molar-refractivity contribution is 0.228. The molecule has 11 aromatic rings. The highest BCUT2D eigenvalue weighted by Crippen LogP contribution is 2.49. The van der Waals surface area contributed by atoms with Crippen molar-refractivity contribution in [1.29, 1.82) is 0 Å². The van der Waals surface area contributed by atoms with Crippen molar-refractivity contribution in [2.75, 3.05) is 102 Å². The van der Waals surface area contributed by atoms with Crippen LogP contribution in [0, 0.1) is 29.6 Å². The average molecular weight is 1850 g/mol. The summed E-state index contributed by atoms with van der Waals surface area (Å²) in [6.07, 6.45) is 25.9. The number of methoxy groups -OCH3 is 1. The Bertz CT molecular complexity index is 5750. The number of urea groups is 4. The highest BCUT2D eigenvalue weighted by Gasteiger charge is 2.49. The number of amides is 8. The van der Waals surface area contributed by atoms with Crippen LogP contribution in [0.3, 0.4) is 0 Å². The van der Waals surface area contributed by atoms with Gasteiger partial charge in [0, 0.05) is 128 Å². The van der Waals surface area contributed by atoms with Crippen LogP contribution >= 0.6 is 27.5 Å². The summed E-state index contributed by atoms with van der Waals surface area (Å²) < 4.78 is 14.2. The molecule has 8 amide bonds. The van der Waals surface area contributed by atoms with E-state index in [1.165, 1.54) is 24.0 Å². The van der Waals surface area contributed by atoms with Crippen LogP contribution in [-0.4, -0.2) is 207 Å². The van der Waals surface area contributed by atoms with E-state index in [4.69, 9.17) is 26.3 Å². The van der Waals surface area contributed by atoms with Crippen LogP contribution in [0.2, 0.25) is 5.02 Å². The molecule has 35 heteroatoms. The Morgan fingerprint density at radius 3 is 1.28 bits per heavy atom. The lowest BCUT2D eigenvalue weighted by atomic mass is 10.0. The number of nitrogens with one attached hydrogen (secondary N) is 4. The van der Waals surface area contributed by atoms with Crippen molar-refractivity contribution >= 4 is 98.7 Å².